The second-order valence-electron chi connectivity index (χ2n) is 5.74. The average Bonchev–Trinajstić information content (AvgIpc) is 2.66. The van der Waals surface area contributed by atoms with Crippen molar-refractivity contribution < 1.29 is 13.2 Å². The zero-order valence-corrected chi connectivity index (χ0v) is 11.5. The fourth-order valence-corrected chi connectivity index (χ4v) is 2.37. The molecule has 1 N–H and O–H groups in total. The third-order valence-corrected chi connectivity index (χ3v) is 3.41. The summed E-state index contributed by atoms with van der Waals surface area (Å²) in [6.07, 6.45) is -2.56. The average molecular weight is 275 g/mol. The lowest BCUT2D eigenvalue weighted by atomic mass is 10.1. The van der Waals surface area contributed by atoms with E-state index in [1.165, 1.54) is 0 Å². The van der Waals surface area contributed by atoms with Crippen molar-refractivity contribution in [2.45, 2.75) is 58.3 Å². The van der Waals surface area contributed by atoms with Crippen LogP contribution >= 0.6 is 0 Å². The van der Waals surface area contributed by atoms with E-state index >= 15 is 0 Å². The summed E-state index contributed by atoms with van der Waals surface area (Å²) in [6.45, 7) is 5.95. The highest BCUT2D eigenvalue weighted by molar-refractivity contribution is 5.40. The van der Waals surface area contributed by atoms with Crippen LogP contribution in [0.1, 0.15) is 45.3 Å². The number of halogens is 3. The Bertz CT molecular complexity index is 437. The molecule has 19 heavy (non-hydrogen) atoms. The van der Waals surface area contributed by atoms with Crippen LogP contribution in [0.25, 0.3) is 0 Å². The monoisotopic (exact) mass is 275 g/mol. The summed E-state index contributed by atoms with van der Waals surface area (Å²) in [5, 5.41) is 7.21. The van der Waals surface area contributed by atoms with Crippen LogP contribution in [0.3, 0.4) is 0 Å². The van der Waals surface area contributed by atoms with Crippen molar-refractivity contribution in [1.82, 2.24) is 9.78 Å². The first-order chi connectivity index (χ1) is 8.77. The summed E-state index contributed by atoms with van der Waals surface area (Å²) >= 11 is 0. The number of nitrogens with zero attached hydrogens (tertiary/aromatic N) is 2. The Hall–Kier alpha value is -1.20. The molecule has 2 unspecified atom stereocenters. The molecule has 0 saturated carbocycles. The number of anilines is 1. The molecule has 1 aliphatic rings. The molecule has 0 fully saturated rings. The van der Waals surface area contributed by atoms with Crippen LogP contribution in [0.4, 0.5) is 19.0 Å². The number of alkyl halides is 3. The highest BCUT2D eigenvalue weighted by Gasteiger charge is 2.45. The summed E-state index contributed by atoms with van der Waals surface area (Å²) in [5.41, 5.74) is 0.736. The maximum Gasteiger partial charge on any atom is 0.410 e. The number of nitrogens with one attached hydrogen (secondary N) is 1. The van der Waals surface area contributed by atoms with Crippen LogP contribution in [0.2, 0.25) is 0 Å². The van der Waals surface area contributed by atoms with Crippen LogP contribution < -0.4 is 5.32 Å². The maximum atomic E-state index is 13.0. The van der Waals surface area contributed by atoms with Crippen LogP contribution in [0.5, 0.6) is 0 Å². The van der Waals surface area contributed by atoms with Gasteiger partial charge >= 0.3 is 6.18 Å². The second kappa shape index (κ2) is 5.06. The van der Waals surface area contributed by atoms with Crippen LogP contribution in [0.15, 0.2) is 6.07 Å². The first-order valence-corrected chi connectivity index (χ1v) is 6.69. The summed E-state index contributed by atoms with van der Waals surface area (Å²) < 4.78 is 40.2. The van der Waals surface area contributed by atoms with Crippen LogP contribution in [-0.2, 0) is 6.42 Å². The van der Waals surface area contributed by atoms with E-state index in [2.05, 4.69) is 24.3 Å². The Kier molecular flexibility index (Phi) is 3.78. The number of hydrogen-bond acceptors (Lipinski definition) is 2. The van der Waals surface area contributed by atoms with Gasteiger partial charge in [0.15, 0.2) is 6.04 Å². The Morgan fingerprint density at radius 2 is 2.16 bits per heavy atom. The molecule has 0 saturated heterocycles. The molecule has 0 amide bonds. The van der Waals surface area contributed by atoms with Gasteiger partial charge in [0, 0.05) is 12.1 Å². The quantitative estimate of drug-likeness (QED) is 0.909. The molecule has 3 nitrogen and oxygen atoms in total. The lowest BCUT2D eigenvalue weighted by Crippen LogP contribution is -2.37. The van der Waals surface area contributed by atoms with Crippen molar-refractivity contribution in [3.63, 3.8) is 0 Å². The van der Waals surface area contributed by atoms with E-state index in [0.717, 1.165) is 23.2 Å². The second-order valence-corrected chi connectivity index (χ2v) is 5.74. The third kappa shape index (κ3) is 3.22. The van der Waals surface area contributed by atoms with Crippen molar-refractivity contribution in [3.05, 3.63) is 11.8 Å². The lowest BCUT2D eigenvalue weighted by Gasteiger charge is -2.31. The third-order valence-electron chi connectivity index (χ3n) is 3.41. The Labute approximate surface area is 111 Å². The maximum absolute atomic E-state index is 13.0. The van der Waals surface area contributed by atoms with E-state index in [-0.39, 0.29) is 12.5 Å². The minimum atomic E-state index is -4.24. The van der Waals surface area contributed by atoms with Crippen molar-refractivity contribution in [1.29, 1.82) is 0 Å². The molecule has 2 heterocycles. The van der Waals surface area contributed by atoms with Gasteiger partial charge in [-0.1, -0.05) is 13.8 Å². The van der Waals surface area contributed by atoms with Gasteiger partial charge in [-0.05, 0) is 32.1 Å². The van der Waals surface area contributed by atoms with E-state index in [9.17, 15) is 13.2 Å². The van der Waals surface area contributed by atoms with E-state index in [4.69, 9.17) is 0 Å². The van der Waals surface area contributed by atoms with Gasteiger partial charge in [-0.25, -0.2) is 4.68 Å². The highest BCUT2D eigenvalue weighted by Crippen LogP contribution is 2.39. The Morgan fingerprint density at radius 1 is 1.47 bits per heavy atom. The van der Waals surface area contributed by atoms with Gasteiger partial charge in [-0.3, -0.25) is 0 Å². The summed E-state index contributed by atoms with van der Waals surface area (Å²) in [4.78, 5) is 0. The van der Waals surface area contributed by atoms with Gasteiger partial charge in [-0.2, -0.15) is 18.3 Å². The first-order valence-electron chi connectivity index (χ1n) is 6.69. The molecular formula is C13H20F3N3. The number of fused-ring (bicyclic) bond motifs is 1. The van der Waals surface area contributed by atoms with E-state index < -0.39 is 12.2 Å². The normalized spacial score (nSPS) is 23.3. The molecule has 0 aliphatic carbocycles. The molecule has 1 aliphatic heterocycles. The van der Waals surface area contributed by atoms with Crippen LogP contribution in [0, 0.1) is 5.92 Å². The van der Waals surface area contributed by atoms with Gasteiger partial charge in [0.1, 0.15) is 5.82 Å². The summed E-state index contributed by atoms with van der Waals surface area (Å²) in [6, 6.07) is 0.0527. The summed E-state index contributed by atoms with van der Waals surface area (Å²) in [5.74, 6) is 1.00. The number of rotatable bonds is 3. The number of hydrogen-bond donors (Lipinski definition) is 1. The zero-order valence-electron chi connectivity index (χ0n) is 11.5. The van der Waals surface area contributed by atoms with Gasteiger partial charge in [0.05, 0.1) is 5.69 Å². The fraction of sp³-hybridized carbons (Fsp3) is 0.769. The molecule has 2 rings (SSSR count). The first kappa shape index (κ1) is 14.2. The molecular weight excluding hydrogens is 255 g/mol. The van der Waals surface area contributed by atoms with Gasteiger partial charge in [-0.15, -0.1) is 0 Å². The molecule has 6 heteroatoms. The van der Waals surface area contributed by atoms with Gasteiger partial charge in [0.2, 0.25) is 0 Å². The minimum absolute atomic E-state index is 0.0296. The topological polar surface area (TPSA) is 29.9 Å². The van der Waals surface area contributed by atoms with Crippen LogP contribution in [-0.4, -0.2) is 22.0 Å². The van der Waals surface area contributed by atoms with Gasteiger partial charge in [0.25, 0.3) is 0 Å². The van der Waals surface area contributed by atoms with Crippen molar-refractivity contribution in [3.8, 4) is 0 Å². The molecule has 0 spiro atoms. The Balaban J connectivity index is 2.23. The fourth-order valence-electron chi connectivity index (χ4n) is 2.37. The molecule has 0 aromatic carbocycles. The van der Waals surface area contributed by atoms with Crippen molar-refractivity contribution in [2.24, 2.45) is 5.92 Å². The van der Waals surface area contributed by atoms with Gasteiger partial charge < -0.3 is 5.32 Å². The molecule has 0 bridgehead atoms. The predicted molar refractivity (Wildman–Crippen MR) is 68.2 cm³/mol. The van der Waals surface area contributed by atoms with E-state index in [1.54, 1.807) is 13.0 Å². The lowest BCUT2D eigenvalue weighted by molar-refractivity contribution is -0.173. The number of aryl methyl sites for hydroxylation is 1. The molecule has 1 aromatic heterocycles. The van der Waals surface area contributed by atoms with E-state index in [1.807, 2.05) is 0 Å². The number of aromatic nitrogens is 2. The largest absolute Gasteiger partial charge is 0.410 e. The smallest absolute Gasteiger partial charge is 0.368 e. The zero-order chi connectivity index (χ0) is 14.2. The van der Waals surface area contributed by atoms with Crippen molar-refractivity contribution in [2.75, 3.05) is 5.32 Å². The molecule has 108 valence electrons. The Morgan fingerprint density at radius 3 is 2.74 bits per heavy atom. The van der Waals surface area contributed by atoms with Crippen molar-refractivity contribution >= 4 is 5.82 Å². The molecule has 2 atom stereocenters. The minimum Gasteiger partial charge on any atom is -0.368 e. The van der Waals surface area contributed by atoms with E-state index in [0.29, 0.717) is 11.7 Å². The predicted octanol–water partition coefficient (Wildman–Crippen LogP) is 3.78. The highest BCUT2D eigenvalue weighted by atomic mass is 19.4. The summed E-state index contributed by atoms with van der Waals surface area (Å²) in [7, 11) is 0. The SMILES string of the molecule is CC(C)CCc1cc2n(n1)C(C(F)(F)F)CC(C)N2. The molecule has 0 radical (unpaired) electrons. The molecule has 1 aromatic rings. The standard InChI is InChI=1S/C13H20F3N3/c1-8(2)4-5-10-7-12-17-9(3)6-11(13(14,15)16)19(12)18-10/h7-9,11,17H,4-6H2,1-3H3.